The molecule has 0 saturated heterocycles. The Kier molecular flexibility index (Phi) is 3.02. The lowest BCUT2D eigenvalue weighted by Crippen LogP contribution is -2.37. The molecule has 1 aromatic carbocycles. The molecule has 1 nitrogen and oxygen atoms in total. The second kappa shape index (κ2) is 4.66. The van der Waals surface area contributed by atoms with Crippen LogP contribution in [0.4, 0.5) is 0 Å². The van der Waals surface area contributed by atoms with E-state index in [1.165, 1.54) is 24.8 Å². The van der Waals surface area contributed by atoms with Crippen LogP contribution >= 0.6 is 0 Å². The maximum absolute atomic E-state index is 3.69. The number of fused-ring (bicyclic) bond motifs is 2. The van der Waals surface area contributed by atoms with Gasteiger partial charge in [0.05, 0.1) is 0 Å². The van der Waals surface area contributed by atoms with Crippen LogP contribution in [-0.2, 0) is 0 Å². The van der Waals surface area contributed by atoms with Crippen molar-refractivity contribution in [2.24, 2.45) is 11.8 Å². The van der Waals surface area contributed by atoms with Gasteiger partial charge in [-0.1, -0.05) is 43.3 Å². The number of allylic oxidation sites excluding steroid dienone is 1. The van der Waals surface area contributed by atoms with E-state index in [0.717, 1.165) is 18.4 Å². The van der Waals surface area contributed by atoms with Crippen LogP contribution in [0.1, 0.15) is 31.7 Å². The standard InChI is InChI=1S/C16H21N/c1-2-17-16-14-9-8-12(10-14)11-15(16)13-6-4-3-5-7-13/h3-7,11-12,14,16-17H,2,8-10H2,1H3/t12-,14-,16-/m0/s1. The van der Waals surface area contributed by atoms with Crippen LogP contribution in [0.5, 0.6) is 0 Å². The van der Waals surface area contributed by atoms with Crippen molar-refractivity contribution in [3.63, 3.8) is 0 Å². The Morgan fingerprint density at radius 2 is 2.00 bits per heavy atom. The highest BCUT2D eigenvalue weighted by Crippen LogP contribution is 2.44. The number of hydrogen-bond acceptors (Lipinski definition) is 1. The van der Waals surface area contributed by atoms with Gasteiger partial charge in [-0.3, -0.25) is 0 Å². The van der Waals surface area contributed by atoms with Crippen molar-refractivity contribution in [1.29, 1.82) is 0 Å². The summed E-state index contributed by atoms with van der Waals surface area (Å²) in [5.41, 5.74) is 2.96. The predicted molar refractivity (Wildman–Crippen MR) is 72.7 cm³/mol. The molecule has 3 rings (SSSR count). The number of benzene rings is 1. The fraction of sp³-hybridized carbons (Fsp3) is 0.500. The van der Waals surface area contributed by atoms with Crippen LogP contribution in [-0.4, -0.2) is 12.6 Å². The van der Waals surface area contributed by atoms with Crippen molar-refractivity contribution < 1.29 is 0 Å². The first-order valence-corrected chi connectivity index (χ1v) is 6.89. The summed E-state index contributed by atoms with van der Waals surface area (Å²) in [7, 11) is 0. The average Bonchev–Trinajstić information content (AvgIpc) is 2.77. The molecule has 0 heterocycles. The maximum atomic E-state index is 3.69. The minimum atomic E-state index is 0.584. The van der Waals surface area contributed by atoms with Crippen molar-refractivity contribution in [3.05, 3.63) is 42.0 Å². The Bertz CT molecular complexity index is 407. The predicted octanol–water partition coefficient (Wildman–Crippen LogP) is 3.48. The van der Waals surface area contributed by atoms with Gasteiger partial charge in [0.2, 0.25) is 0 Å². The topological polar surface area (TPSA) is 12.0 Å². The van der Waals surface area contributed by atoms with Crippen LogP contribution in [0.3, 0.4) is 0 Å². The van der Waals surface area contributed by atoms with E-state index in [1.54, 1.807) is 5.57 Å². The Balaban J connectivity index is 1.95. The molecular weight excluding hydrogens is 206 g/mol. The van der Waals surface area contributed by atoms with Gasteiger partial charge in [-0.2, -0.15) is 0 Å². The molecule has 2 aliphatic rings. The van der Waals surface area contributed by atoms with Gasteiger partial charge in [-0.05, 0) is 48.8 Å². The van der Waals surface area contributed by atoms with Gasteiger partial charge >= 0.3 is 0 Å². The second-order valence-electron chi connectivity index (χ2n) is 5.36. The van der Waals surface area contributed by atoms with E-state index in [-0.39, 0.29) is 0 Å². The van der Waals surface area contributed by atoms with E-state index in [2.05, 4.69) is 48.6 Å². The monoisotopic (exact) mass is 227 g/mol. The summed E-state index contributed by atoms with van der Waals surface area (Å²) in [6.07, 6.45) is 6.72. The molecule has 3 atom stereocenters. The molecule has 0 unspecified atom stereocenters. The molecule has 2 aliphatic carbocycles. The van der Waals surface area contributed by atoms with Crippen LogP contribution in [0.2, 0.25) is 0 Å². The minimum Gasteiger partial charge on any atom is -0.310 e. The molecule has 1 N–H and O–H groups in total. The van der Waals surface area contributed by atoms with Crippen LogP contribution in [0.25, 0.3) is 5.57 Å². The highest BCUT2D eigenvalue weighted by Gasteiger charge is 2.36. The first kappa shape index (κ1) is 11.0. The Morgan fingerprint density at radius 1 is 1.18 bits per heavy atom. The van der Waals surface area contributed by atoms with E-state index in [0.29, 0.717) is 6.04 Å². The number of likely N-dealkylation sites (N-methyl/N-ethyl adjacent to an activating group) is 1. The molecular formula is C16H21N. The molecule has 1 saturated carbocycles. The van der Waals surface area contributed by atoms with E-state index in [4.69, 9.17) is 0 Å². The van der Waals surface area contributed by atoms with Gasteiger partial charge < -0.3 is 5.32 Å². The van der Waals surface area contributed by atoms with Crippen molar-refractivity contribution in [2.75, 3.05) is 6.54 Å². The fourth-order valence-corrected chi connectivity index (χ4v) is 3.52. The van der Waals surface area contributed by atoms with Gasteiger partial charge in [0.1, 0.15) is 0 Å². The number of nitrogens with one attached hydrogen (secondary N) is 1. The molecule has 2 bridgehead atoms. The number of rotatable bonds is 3. The largest absolute Gasteiger partial charge is 0.310 e. The lowest BCUT2D eigenvalue weighted by atomic mass is 9.81. The Labute approximate surface area is 104 Å². The van der Waals surface area contributed by atoms with Crippen molar-refractivity contribution in [1.82, 2.24) is 5.32 Å². The highest BCUT2D eigenvalue weighted by atomic mass is 14.9. The fourth-order valence-electron chi connectivity index (χ4n) is 3.52. The van der Waals surface area contributed by atoms with E-state index in [1.807, 2.05) is 0 Å². The van der Waals surface area contributed by atoms with Gasteiger partial charge in [0, 0.05) is 6.04 Å². The lowest BCUT2D eigenvalue weighted by Gasteiger charge is -2.31. The summed E-state index contributed by atoms with van der Waals surface area (Å²) in [6.45, 7) is 3.28. The third-order valence-electron chi connectivity index (χ3n) is 4.27. The van der Waals surface area contributed by atoms with Crippen molar-refractivity contribution in [3.8, 4) is 0 Å². The molecule has 1 fully saturated rings. The zero-order chi connectivity index (χ0) is 11.7. The zero-order valence-electron chi connectivity index (χ0n) is 10.5. The molecule has 0 aliphatic heterocycles. The number of hydrogen-bond donors (Lipinski definition) is 1. The van der Waals surface area contributed by atoms with Gasteiger partial charge in [-0.25, -0.2) is 0 Å². The normalized spacial score (nSPS) is 31.4. The molecule has 1 heteroatoms. The lowest BCUT2D eigenvalue weighted by molar-refractivity contribution is 0.411. The minimum absolute atomic E-state index is 0.584. The molecule has 90 valence electrons. The molecule has 0 spiro atoms. The molecule has 0 amide bonds. The third kappa shape index (κ3) is 2.04. The summed E-state index contributed by atoms with van der Waals surface area (Å²) in [5, 5.41) is 3.69. The zero-order valence-corrected chi connectivity index (χ0v) is 10.5. The van der Waals surface area contributed by atoms with Gasteiger partial charge in [0.15, 0.2) is 0 Å². The summed E-state index contributed by atoms with van der Waals surface area (Å²) >= 11 is 0. The van der Waals surface area contributed by atoms with Crippen LogP contribution < -0.4 is 5.32 Å². The van der Waals surface area contributed by atoms with E-state index < -0.39 is 0 Å². The summed E-state index contributed by atoms with van der Waals surface area (Å²) in [4.78, 5) is 0. The maximum Gasteiger partial charge on any atom is 0.0351 e. The highest BCUT2D eigenvalue weighted by molar-refractivity contribution is 5.71. The molecule has 0 radical (unpaired) electrons. The van der Waals surface area contributed by atoms with Crippen molar-refractivity contribution in [2.45, 2.75) is 32.2 Å². The van der Waals surface area contributed by atoms with Crippen LogP contribution in [0.15, 0.2) is 36.4 Å². The smallest absolute Gasteiger partial charge is 0.0351 e. The van der Waals surface area contributed by atoms with E-state index >= 15 is 0 Å². The summed E-state index contributed by atoms with van der Waals surface area (Å²) in [6, 6.07) is 11.5. The Hall–Kier alpha value is -1.08. The Morgan fingerprint density at radius 3 is 2.76 bits per heavy atom. The third-order valence-corrected chi connectivity index (χ3v) is 4.27. The average molecular weight is 227 g/mol. The van der Waals surface area contributed by atoms with Crippen molar-refractivity contribution >= 4 is 5.57 Å². The van der Waals surface area contributed by atoms with Gasteiger partial charge in [-0.15, -0.1) is 0 Å². The van der Waals surface area contributed by atoms with Gasteiger partial charge in [0.25, 0.3) is 0 Å². The SMILES string of the molecule is CCN[C@@H]1C(c2ccccc2)=C[C@H]2CC[C@H]1C2. The molecule has 0 aromatic heterocycles. The molecule has 1 aromatic rings. The van der Waals surface area contributed by atoms with Crippen LogP contribution in [0, 0.1) is 11.8 Å². The quantitative estimate of drug-likeness (QED) is 0.833. The first-order valence-electron chi connectivity index (χ1n) is 6.89. The summed E-state index contributed by atoms with van der Waals surface area (Å²) in [5.74, 6) is 1.70. The van der Waals surface area contributed by atoms with E-state index in [9.17, 15) is 0 Å². The summed E-state index contributed by atoms with van der Waals surface area (Å²) < 4.78 is 0. The first-order chi connectivity index (χ1) is 8.38. The molecule has 17 heavy (non-hydrogen) atoms. The second-order valence-corrected chi connectivity index (χ2v) is 5.36.